The van der Waals surface area contributed by atoms with Crippen molar-refractivity contribution in [2.24, 2.45) is 0 Å². The monoisotopic (exact) mass is 309 g/mol. The molecule has 0 spiro atoms. The van der Waals surface area contributed by atoms with Crippen molar-refractivity contribution in [2.45, 2.75) is 25.8 Å². The molecule has 0 saturated carbocycles. The van der Waals surface area contributed by atoms with Gasteiger partial charge in [0, 0.05) is 28.8 Å². The topological polar surface area (TPSA) is 40.5 Å². The Kier molecular flexibility index (Phi) is 4.07. The number of aliphatic carboxylic acids is 1. The minimum atomic E-state index is -0.921. The van der Waals surface area contributed by atoms with Crippen LogP contribution < -0.4 is 4.90 Å². The Balaban J connectivity index is 2.36. The van der Waals surface area contributed by atoms with Crippen molar-refractivity contribution in [3.8, 4) is 0 Å². The molecule has 1 aromatic carbocycles. The molecule has 1 heterocycles. The minimum absolute atomic E-state index is 0.517. The quantitative estimate of drug-likeness (QED) is 0.868. The van der Waals surface area contributed by atoms with Crippen molar-refractivity contribution in [3.05, 3.63) is 34.3 Å². The van der Waals surface area contributed by atoms with Crippen LogP contribution in [0.3, 0.4) is 0 Å². The van der Waals surface area contributed by atoms with E-state index in [0.29, 0.717) is 6.04 Å². The maximum atomic E-state index is 10.6. The molecule has 1 N–H and O–H groups in total. The summed E-state index contributed by atoms with van der Waals surface area (Å²) in [7, 11) is 0. The maximum Gasteiger partial charge on any atom is 0.328 e. The third-order valence-corrected chi connectivity index (χ3v) is 3.75. The molecule has 0 aliphatic carbocycles. The zero-order chi connectivity index (χ0) is 13.1. The van der Waals surface area contributed by atoms with E-state index in [0.717, 1.165) is 22.3 Å². The standard InChI is InChI=1S/C14H16BrNO2/c1-10-3-2-8-16(10)13-6-5-12(15)9-11(13)4-7-14(17)18/h4-7,9-10H,2-3,8H2,1H3,(H,17,18). The predicted molar refractivity (Wildman–Crippen MR) is 76.9 cm³/mol. The number of carbonyl (C=O) groups is 1. The van der Waals surface area contributed by atoms with E-state index in [2.05, 4.69) is 27.8 Å². The molecular formula is C14H16BrNO2. The summed E-state index contributed by atoms with van der Waals surface area (Å²) in [6.45, 7) is 3.25. The summed E-state index contributed by atoms with van der Waals surface area (Å²) >= 11 is 3.43. The molecule has 2 rings (SSSR count). The normalized spacial score (nSPS) is 19.7. The molecule has 4 heteroatoms. The van der Waals surface area contributed by atoms with Crippen LogP contribution in [-0.4, -0.2) is 23.7 Å². The van der Waals surface area contributed by atoms with Gasteiger partial charge in [-0.25, -0.2) is 4.79 Å². The number of rotatable bonds is 3. The summed E-state index contributed by atoms with van der Waals surface area (Å²) in [5.41, 5.74) is 2.06. The first-order valence-electron chi connectivity index (χ1n) is 6.05. The van der Waals surface area contributed by atoms with Crippen LogP contribution in [0.25, 0.3) is 6.08 Å². The molecule has 96 valence electrons. The lowest BCUT2D eigenvalue weighted by molar-refractivity contribution is -0.131. The minimum Gasteiger partial charge on any atom is -0.478 e. The van der Waals surface area contributed by atoms with Gasteiger partial charge in [0.25, 0.3) is 0 Å². The Morgan fingerprint density at radius 2 is 2.33 bits per heavy atom. The fourth-order valence-corrected chi connectivity index (χ4v) is 2.75. The van der Waals surface area contributed by atoms with E-state index in [4.69, 9.17) is 5.11 Å². The van der Waals surface area contributed by atoms with Crippen molar-refractivity contribution in [2.75, 3.05) is 11.4 Å². The van der Waals surface area contributed by atoms with E-state index < -0.39 is 5.97 Å². The van der Waals surface area contributed by atoms with E-state index in [1.807, 2.05) is 18.2 Å². The van der Waals surface area contributed by atoms with Gasteiger partial charge in [0.2, 0.25) is 0 Å². The largest absolute Gasteiger partial charge is 0.478 e. The molecule has 1 aliphatic heterocycles. The molecule has 3 nitrogen and oxygen atoms in total. The van der Waals surface area contributed by atoms with Crippen molar-refractivity contribution in [1.29, 1.82) is 0 Å². The first-order chi connectivity index (χ1) is 8.58. The lowest BCUT2D eigenvalue weighted by atomic mass is 10.1. The number of hydrogen-bond acceptors (Lipinski definition) is 2. The summed E-state index contributed by atoms with van der Waals surface area (Å²) in [6, 6.07) is 6.52. The second kappa shape index (κ2) is 5.57. The van der Waals surface area contributed by atoms with Crippen LogP contribution in [-0.2, 0) is 4.79 Å². The smallest absolute Gasteiger partial charge is 0.328 e. The first-order valence-corrected chi connectivity index (χ1v) is 6.84. The van der Waals surface area contributed by atoms with Crippen molar-refractivity contribution in [1.82, 2.24) is 0 Å². The Morgan fingerprint density at radius 3 is 2.94 bits per heavy atom. The molecule has 1 saturated heterocycles. The molecule has 1 aliphatic rings. The average molecular weight is 310 g/mol. The highest BCUT2D eigenvalue weighted by molar-refractivity contribution is 9.10. The SMILES string of the molecule is CC1CCCN1c1ccc(Br)cc1C=CC(=O)O. The van der Waals surface area contributed by atoms with Crippen LogP contribution in [0.4, 0.5) is 5.69 Å². The zero-order valence-corrected chi connectivity index (χ0v) is 11.9. The van der Waals surface area contributed by atoms with E-state index in [9.17, 15) is 4.79 Å². The van der Waals surface area contributed by atoms with E-state index in [1.165, 1.54) is 18.9 Å². The summed E-state index contributed by atoms with van der Waals surface area (Å²) in [6.07, 6.45) is 5.23. The van der Waals surface area contributed by atoms with Gasteiger partial charge in [-0.3, -0.25) is 0 Å². The van der Waals surface area contributed by atoms with Gasteiger partial charge >= 0.3 is 5.97 Å². The highest BCUT2D eigenvalue weighted by Crippen LogP contribution is 2.31. The Morgan fingerprint density at radius 1 is 1.56 bits per heavy atom. The van der Waals surface area contributed by atoms with Gasteiger partial charge in [0.15, 0.2) is 0 Å². The highest BCUT2D eigenvalue weighted by atomic mass is 79.9. The molecular weight excluding hydrogens is 294 g/mol. The number of carboxylic acid groups (broad SMARTS) is 1. The Bertz CT molecular complexity index is 485. The third kappa shape index (κ3) is 2.93. The molecule has 18 heavy (non-hydrogen) atoms. The number of carboxylic acids is 1. The van der Waals surface area contributed by atoms with Crippen molar-refractivity contribution in [3.63, 3.8) is 0 Å². The summed E-state index contributed by atoms with van der Waals surface area (Å²) < 4.78 is 0.961. The van der Waals surface area contributed by atoms with Gasteiger partial charge in [0.05, 0.1) is 0 Å². The van der Waals surface area contributed by atoms with Gasteiger partial charge in [-0.1, -0.05) is 15.9 Å². The van der Waals surface area contributed by atoms with Crippen LogP contribution in [0.5, 0.6) is 0 Å². The molecule has 0 amide bonds. The van der Waals surface area contributed by atoms with Gasteiger partial charge in [-0.2, -0.15) is 0 Å². The van der Waals surface area contributed by atoms with Crippen LogP contribution in [0, 0.1) is 0 Å². The Hall–Kier alpha value is -1.29. The number of anilines is 1. The van der Waals surface area contributed by atoms with Gasteiger partial charge in [-0.05, 0) is 49.6 Å². The van der Waals surface area contributed by atoms with Crippen LogP contribution >= 0.6 is 15.9 Å². The second-order valence-electron chi connectivity index (χ2n) is 4.56. The fourth-order valence-electron chi connectivity index (χ4n) is 2.37. The summed E-state index contributed by atoms with van der Waals surface area (Å²) in [5.74, 6) is -0.921. The number of nitrogens with zero attached hydrogens (tertiary/aromatic N) is 1. The molecule has 1 fully saturated rings. The third-order valence-electron chi connectivity index (χ3n) is 3.26. The molecule has 0 radical (unpaired) electrons. The van der Waals surface area contributed by atoms with Gasteiger partial charge in [0.1, 0.15) is 0 Å². The number of halogens is 1. The van der Waals surface area contributed by atoms with Gasteiger partial charge < -0.3 is 10.0 Å². The predicted octanol–water partition coefficient (Wildman–Crippen LogP) is 3.54. The van der Waals surface area contributed by atoms with E-state index in [1.54, 1.807) is 6.08 Å². The lowest BCUT2D eigenvalue weighted by Crippen LogP contribution is -2.26. The van der Waals surface area contributed by atoms with Crippen LogP contribution in [0.2, 0.25) is 0 Å². The summed E-state index contributed by atoms with van der Waals surface area (Å²) in [5, 5.41) is 8.74. The molecule has 0 bridgehead atoms. The fraction of sp³-hybridized carbons (Fsp3) is 0.357. The van der Waals surface area contributed by atoms with Crippen molar-refractivity contribution < 1.29 is 9.90 Å². The molecule has 1 atom stereocenters. The molecule has 1 unspecified atom stereocenters. The molecule has 1 aromatic rings. The number of benzene rings is 1. The lowest BCUT2D eigenvalue weighted by Gasteiger charge is -2.25. The first kappa shape index (κ1) is 13.1. The van der Waals surface area contributed by atoms with Gasteiger partial charge in [-0.15, -0.1) is 0 Å². The van der Waals surface area contributed by atoms with Crippen LogP contribution in [0.1, 0.15) is 25.3 Å². The summed E-state index contributed by atoms with van der Waals surface area (Å²) in [4.78, 5) is 13.0. The maximum absolute atomic E-state index is 10.6. The Labute approximate surface area is 115 Å². The van der Waals surface area contributed by atoms with E-state index in [-0.39, 0.29) is 0 Å². The highest BCUT2D eigenvalue weighted by Gasteiger charge is 2.22. The van der Waals surface area contributed by atoms with E-state index >= 15 is 0 Å². The zero-order valence-electron chi connectivity index (χ0n) is 10.3. The average Bonchev–Trinajstić information content (AvgIpc) is 2.73. The van der Waals surface area contributed by atoms with Crippen LogP contribution in [0.15, 0.2) is 28.7 Å². The van der Waals surface area contributed by atoms with Crippen molar-refractivity contribution >= 4 is 33.7 Å². The molecule has 0 aromatic heterocycles. The number of hydrogen-bond donors (Lipinski definition) is 1. The second-order valence-corrected chi connectivity index (χ2v) is 5.48.